The number of carboxylic acids is 1. The van der Waals surface area contributed by atoms with E-state index in [1.165, 1.54) is 0 Å². The minimum Gasteiger partial charge on any atom is -0.481 e. The molecule has 0 bridgehead atoms. The summed E-state index contributed by atoms with van der Waals surface area (Å²) in [6, 6.07) is 1.69. The van der Waals surface area contributed by atoms with Gasteiger partial charge in [0.1, 0.15) is 0 Å². The lowest BCUT2D eigenvalue weighted by molar-refractivity contribution is -0.153. The van der Waals surface area contributed by atoms with Gasteiger partial charge in [-0.15, -0.1) is 0 Å². The molecule has 0 aliphatic carbocycles. The number of rotatable bonds is 5. The van der Waals surface area contributed by atoms with Crippen molar-refractivity contribution in [3.05, 3.63) is 11.8 Å². The molecule has 0 fully saturated rings. The van der Waals surface area contributed by atoms with E-state index in [-0.39, 0.29) is 18.2 Å². The van der Waals surface area contributed by atoms with Crippen molar-refractivity contribution in [2.24, 2.45) is 11.3 Å². The zero-order chi connectivity index (χ0) is 13.9. The third kappa shape index (κ3) is 3.09. The molecule has 1 aromatic rings. The lowest BCUT2D eigenvalue weighted by Gasteiger charge is -2.28. The van der Waals surface area contributed by atoms with Crippen LogP contribution in [-0.2, 0) is 9.59 Å². The van der Waals surface area contributed by atoms with Gasteiger partial charge in [-0.2, -0.15) is 5.10 Å². The first-order valence-electron chi connectivity index (χ1n) is 5.81. The minimum absolute atomic E-state index is 0.0775. The van der Waals surface area contributed by atoms with Gasteiger partial charge in [-0.1, -0.05) is 13.8 Å². The van der Waals surface area contributed by atoms with Gasteiger partial charge in [0.05, 0.1) is 5.41 Å². The summed E-state index contributed by atoms with van der Waals surface area (Å²) in [6.45, 7) is 6.98. The van der Waals surface area contributed by atoms with Crippen LogP contribution in [0.2, 0.25) is 0 Å². The molecule has 0 spiro atoms. The van der Waals surface area contributed by atoms with E-state index < -0.39 is 11.4 Å². The summed E-state index contributed by atoms with van der Waals surface area (Å²) in [7, 11) is 0. The molecule has 18 heavy (non-hydrogen) atoms. The van der Waals surface area contributed by atoms with Crippen molar-refractivity contribution in [2.45, 2.75) is 34.1 Å². The smallest absolute Gasteiger partial charge is 0.310 e. The quantitative estimate of drug-likeness (QED) is 0.745. The molecule has 1 atom stereocenters. The fourth-order valence-electron chi connectivity index (χ4n) is 1.53. The number of anilines is 1. The SMILES string of the molecule is Cc1cc(NC(=O)CC(C)(C(=O)O)C(C)C)n[nH]1. The number of H-pyrrole nitrogens is 1. The first-order chi connectivity index (χ1) is 8.25. The number of aromatic amines is 1. The molecule has 1 heterocycles. The highest BCUT2D eigenvalue weighted by atomic mass is 16.4. The van der Waals surface area contributed by atoms with Crippen molar-refractivity contribution in [1.82, 2.24) is 10.2 Å². The van der Waals surface area contributed by atoms with E-state index in [1.807, 2.05) is 6.92 Å². The van der Waals surface area contributed by atoms with E-state index in [9.17, 15) is 14.7 Å². The zero-order valence-corrected chi connectivity index (χ0v) is 11.1. The summed E-state index contributed by atoms with van der Waals surface area (Å²) in [4.78, 5) is 23.1. The number of nitrogens with one attached hydrogen (secondary N) is 2. The first-order valence-corrected chi connectivity index (χ1v) is 5.81. The Hall–Kier alpha value is -1.85. The number of hydrogen-bond donors (Lipinski definition) is 3. The molecule has 1 rings (SSSR count). The van der Waals surface area contributed by atoms with Crippen LogP contribution in [0.3, 0.4) is 0 Å². The van der Waals surface area contributed by atoms with Gasteiger partial charge in [-0.3, -0.25) is 14.7 Å². The molecule has 1 unspecified atom stereocenters. The highest BCUT2D eigenvalue weighted by Crippen LogP contribution is 2.31. The van der Waals surface area contributed by atoms with E-state index in [0.29, 0.717) is 5.82 Å². The number of aliphatic carboxylic acids is 1. The van der Waals surface area contributed by atoms with Crippen molar-refractivity contribution in [3.63, 3.8) is 0 Å². The molecule has 1 aromatic heterocycles. The summed E-state index contributed by atoms with van der Waals surface area (Å²) in [5, 5.41) is 18.4. The molecule has 6 nitrogen and oxygen atoms in total. The first kappa shape index (κ1) is 14.2. The molecular weight excluding hydrogens is 234 g/mol. The Morgan fingerprint density at radius 3 is 2.56 bits per heavy atom. The molecule has 6 heteroatoms. The van der Waals surface area contributed by atoms with E-state index in [0.717, 1.165) is 5.69 Å². The third-order valence-electron chi connectivity index (χ3n) is 3.26. The number of nitrogens with zero attached hydrogens (tertiary/aromatic N) is 1. The minimum atomic E-state index is -1.07. The molecule has 0 aliphatic heterocycles. The molecule has 100 valence electrons. The Kier molecular flexibility index (Phi) is 4.11. The van der Waals surface area contributed by atoms with Crippen LogP contribution in [0.5, 0.6) is 0 Å². The topological polar surface area (TPSA) is 95.1 Å². The van der Waals surface area contributed by atoms with Gasteiger partial charge in [0.25, 0.3) is 0 Å². The molecule has 1 amide bonds. The van der Waals surface area contributed by atoms with Gasteiger partial charge in [0.15, 0.2) is 5.82 Å². The number of carbonyl (C=O) groups is 2. The van der Waals surface area contributed by atoms with E-state index >= 15 is 0 Å². The monoisotopic (exact) mass is 253 g/mol. The van der Waals surface area contributed by atoms with Gasteiger partial charge >= 0.3 is 5.97 Å². The number of carbonyl (C=O) groups excluding carboxylic acids is 1. The van der Waals surface area contributed by atoms with Crippen molar-refractivity contribution >= 4 is 17.7 Å². The Balaban J connectivity index is 2.71. The van der Waals surface area contributed by atoms with Gasteiger partial charge < -0.3 is 10.4 Å². The molecule has 3 N–H and O–H groups in total. The molecule has 0 aliphatic rings. The van der Waals surface area contributed by atoms with Crippen LogP contribution in [0.15, 0.2) is 6.07 Å². The summed E-state index contributed by atoms with van der Waals surface area (Å²) >= 11 is 0. The van der Waals surface area contributed by atoms with Gasteiger partial charge in [0, 0.05) is 18.2 Å². The second-order valence-corrected chi connectivity index (χ2v) is 5.04. The normalized spacial score (nSPS) is 14.3. The number of aromatic nitrogens is 2. The second-order valence-electron chi connectivity index (χ2n) is 5.04. The van der Waals surface area contributed by atoms with Crippen molar-refractivity contribution in [3.8, 4) is 0 Å². The fourth-order valence-corrected chi connectivity index (χ4v) is 1.53. The van der Waals surface area contributed by atoms with Crippen molar-refractivity contribution in [2.75, 3.05) is 5.32 Å². The average molecular weight is 253 g/mol. The molecule has 0 saturated carbocycles. The largest absolute Gasteiger partial charge is 0.481 e. The Morgan fingerprint density at radius 2 is 2.17 bits per heavy atom. The fraction of sp³-hybridized carbons (Fsp3) is 0.583. The van der Waals surface area contributed by atoms with Crippen LogP contribution in [0, 0.1) is 18.3 Å². The number of hydrogen-bond acceptors (Lipinski definition) is 3. The predicted molar refractivity (Wildman–Crippen MR) is 67.2 cm³/mol. The Bertz CT molecular complexity index is 453. The maximum atomic E-state index is 11.8. The van der Waals surface area contributed by atoms with Gasteiger partial charge in [-0.05, 0) is 19.8 Å². The van der Waals surface area contributed by atoms with E-state index in [4.69, 9.17) is 0 Å². The predicted octanol–water partition coefficient (Wildman–Crippen LogP) is 1.79. The lowest BCUT2D eigenvalue weighted by atomic mass is 9.76. The summed E-state index contributed by atoms with van der Waals surface area (Å²) in [6.07, 6.45) is -0.0775. The highest BCUT2D eigenvalue weighted by molar-refractivity contribution is 5.93. The third-order valence-corrected chi connectivity index (χ3v) is 3.26. The standard InChI is InChI=1S/C12H19N3O3/c1-7(2)12(4,11(17)18)6-10(16)13-9-5-8(3)14-15-9/h5,7H,6H2,1-4H3,(H,17,18)(H2,13,14,15,16). The maximum absolute atomic E-state index is 11.8. The van der Waals surface area contributed by atoms with Crippen LogP contribution in [0.25, 0.3) is 0 Å². The van der Waals surface area contributed by atoms with Gasteiger partial charge in [-0.25, -0.2) is 0 Å². The van der Waals surface area contributed by atoms with Crippen LogP contribution >= 0.6 is 0 Å². The van der Waals surface area contributed by atoms with Crippen LogP contribution in [-0.4, -0.2) is 27.2 Å². The Morgan fingerprint density at radius 1 is 1.56 bits per heavy atom. The molecule has 0 saturated heterocycles. The average Bonchev–Trinajstić information content (AvgIpc) is 2.62. The number of aryl methyl sites for hydroxylation is 1. The van der Waals surface area contributed by atoms with Gasteiger partial charge in [0.2, 0.25) is 5.91 Å². The van der Waals surface area contributed by atoms with Crippen LogP contribution < -0.4 is 5.32 Å². The highest BCUT2D eigenvalue weighted by Gasteiger charge is 2.38. The molecule has 0 aromatic carbocycles. The summed E-state index contributed by atoms with van der Waals surface area (Å²) < 4.78 is 0. The van der Waals surface area contributed by atoms with Crippen molar-refractivity contribution in [1.29, 1.82) is 0 Å². The van der Waals surface area contributed by atoms with Crippen LogP contribution in [0.4, 0.5) is 5.82 Å². The summed E-state index contributed by atoms with van der Waals surface area (Å²) in [5.41, 5.74) is -0.245. The number of amides is 1. The summed E-state index contributed by atoms with van der Waals surface area (Å²) in [5.74, 6) is -1.04. The molecular formula is C12H19N3O3. The molecule has 0 radical (unpaired) electrons. The lowest BCUT2D eigenvalue weighted by Crippen LogP contribution is -2.37. The maximum Gasteiger partial charge on any atom is 0.310 e. The van der Waals surface area contributed by atoms with Crippen molar-refractivity contribution < 1.29 is 14.7 Å². The van der Waals surface area contributed by atoms with Crippen LogP contribution in [0.1, 0.15) is 32.9 Å². The Labute approximate surface area is 106 Å². The van der Waals surface area contributed by atoms with E-state index in [2.05, 4.69) is 15.5 Å². The second kappa shape index (κ2) is 5.20. The zero-order valence-electron chi connectivity index (χ0n) is 11.1. The van der Waals surface area contributed by atoms with E-state index in [1.54, 1.807) is 26.8 Å². The number of carboxylic acid groups (broad SMARTS) is 1.